The summed E-state index contributed by atoms with van der Waals surface area (Å²) in [4.78, 5) is 28.4. The van der Waals surface area contributed by atoms with Crippen LogP contribution in [-0.4, -0.2) is 45.5 Å². The summed E-state index contributed by atoms with van der Waals surface area (Å²) in [7, 11) is 0. The van der Waals surface area contributed by atoms with Gasteiger partial charge in [0.1, 0.15) is 5.60 Å². The van der Waals surface area contributed by atoms with Crippen molar-refractivity contribution < 1.29 is 14.3 Å². The molecule has 0 aliphatic carbocycles. The van der Waals surface area contributed by atoms with E-state index in [0.717, 1.165) is 12.7 Å². The van der Waals surface area contributed by atoms with E-state index in [4.69, 9.17) is 4.74 Å². The van der Waals surface area contributed by atoms with Crippen molar-refractivity contribution in [2.75, 3.05) is 13.1 Å². The molecular formula is C13H19N3O3. The summed E-state index contributed by atoms with van der Waals surface area (Å²) in [5, 5.41) is 0. The standard InChI is InChI=1S/C13H19N3O3/c1-13(2,3)19-12(18)15-6-4-10(8-15)16-7-5-14-11(16)9-17/h5,7,9-10H,4,6,8H2,1-3H3. The summed E-state index contributed by atoms with van der Waals surface area (Å²) in [5.41, 5.74) is -0.488. The van der Waals surface area contributed by atoms with Crippen LogP contribution in [0.25, 0.3) is 0 Å². The molecule has 0 radical (unpaired) electrons. The Morgan fingerprint density at radius 3 is 2.89 bits per heavy atom. The maximum absolute atomic E-state index is 11.9. The Bertz CT molecular complexity index is 476. The lowest BCUT2D eigenvalue weighted by Gasteiger charge is -2.24. The molecule has 1 unspecified atom stereocenters. The first kappa shape index (κ1) is 13.6. The molecule has 19 heavy (non-hydrogen) atoms. The van der Waals surface area contributed by atoms with E-state index in [1.807, 2.05) is 25.3 Å². The van der Waals surface area contributed by atoms with Crippen molar-refractivity contribution in [1.29, 1.82) is 0 Å². The smallest absolute Gasteiger partial charge is 0.410 e. The largest absolute Gasteiger partial charge is 0.444 e. The average molecular weight is 265 g/mol. The second kappa shape index (κ2) is 5.03. The highest BCUT2D eigenvalue weighted by molar-refractivity contribution is 5.70. The quantitative estimate of drug-likeness (QED) is 0.766. The lowest BCUT2D eigenvalue weighted by atomic mass is 10.2. The molecule has 0 N–H and O–H groups in total. The van der Waals surface area contributed by atoms with Crippen molar-refractivity contribution >= 4 is 12.4 Å². The van der Waals surface area contributed by atoms with Gasteiger partial charge in [-0.05, 0) is 27.2 Å². The minimum absolute atomic E-state index is 0.0928. The van der Waals surface area contributed by atoms with Crippen molar-refractivity contribution in [2.45, 2.75) is 38.8 Å². The Kier molecular flexibility index (Phi) is 3.59. The van der Waals surface area contributed by atoms with E-state index in [9.17, 15) is 9.59 Å². The third-order valence-electron chi connectivity index (χ3n) is 3.01. The Balaban J connectivity index is 2.00. The van der Waals surface area contributed by atoms with Crippen molar-refractivity contribution in [3.05, 3.63) is 18.2 Å². The summed E-state index contributed by atoms with van der Waals surface area (Å²) in [6, 6.07) is 0.0928. The summed E-state index contributed by atoms with van der Waals surface area (Å²) >= 11 is 0. The molecule has 2 rings (SSSR count). The molecule has 1 saturated heterocycles. The number of carbonyl (C=O) groups is 2. The third-order valence-corrected chi connectivity index (χ3v) is 3.01. The fourth-order valence-corrected chi connectivity index (χ4v) is 2.19. The summed E-state index contributed by atoms with van der Waals surface area (Å²) in [6.45, 7) is 6.72. The van der Waals surface area contributed by atoms with Gasteiger partial charge in [-0.25, -0.2) is 9.78 Å². The first-order chi connectivity index (χ1) is 8.90. The molecule has 6 nitrogen and oxygen atoms in total. The van der Waals surface area contributed by atoms with E-state index < -0.39 is 5.60 Å². The van der Waals surface area contributed by atoms with E-state index in [-0.39, 0.29) is 12.1 Å². The van der Waals surface area contributed by atoms with Crippen molar-refractivity contribution in [1.82, 2.24) is 14.5 Å². The molecule has 1 aromatic heterocycles. The Morgan fingerprint density at radius 1 is 1.53 bits per heavy atom. The van der Waals surface area contributed by atoms with Gasteiger partial charge in [-0.15, -0.1) is 0 Å². The predicted octanol–water partition coefficient (Wildman–Crippen LogP) is 1.88. The van der Waals surface area contributed by atoms with Gasteiger partial charge in [0.25, 0.3) is 0 Å². The van der Waals surface area contributed by atoms with E-state index in [2.05, 4.69) is 4.98 Å². The molecule has 0 aromatic carbocycles. The van der Waals surface area contributed by atoms with Crippen molar-refractivity contribution in [2.24, 2.45) is 0 Å². The fraction of sp³-hybridized carbons (Fsp3) is 0.615. The number of amides is 1. The minimum Gasteiger partial charge on any atom is -0.444 e. The predicted molar refractivity (Wildman–Crippen MR) is 69.1 cm³/mol. The number of aromatic nitrogens is 2. The number of likely N-dealkylation sites (tertiary alicyclic amines) is 1. The monoisotopic (exact) mass is 265 g/mol. The molecule has 1 amide bonds. The number of imidazole rings is 1. The summed E-state index contributed by atoms with van der Waals surface area (Å²) < 4.78 is 7.15. The second-order valence-corrected chi connectivity index (χ2v) is 5.68. The average Bonchev–Trinajstić information content (AvgIpc) is 2.95. The Morgan fingerprint density at radius 2 is 2.26 bits per heavy atom. The van der Waals surface area contributed by atoms with Crippen LogP contribution in [0.3, 0.4) is 0 Å². The van der Waals surface area contributed by atoms with E-state index in [1.165, 1.54) is 0 Å². The zero-order valence-corrected chi connectivity index (χ0v) is 11.5. The van der Waals surface area contributed by atoms with Crippen LogP contribution in [0.15, 0.2) is 12.4 Å². The maximum atomic E-state index is 11.9. The van der Waals surface area contributed by atoms with Crippen molar-refractivity contribution in [3.63, 3.8) is 0 Å². The summed E-state index contributed by atoms with van der Waals surface area (Å²) in [5.74, 6) is 0.399. The van der Waals surface area contributed by atoms with Gasteiger partial charge in [0.05, 0.1) is 6.04 Å². The maximum Gasteiger partial charge on any atom is 0.410 e. The topological polar surface area (TPSA) is 64.4 Å². The molecule has 0 bridgehead atoms. The van der Waals surface area contributed by atoms with Gasteiger partial charge in [-0.1, -0.05) is 0 Å². The molecular weight excluding hydrogens is 246 g/mol. The molecule has 1 atom stereocenters. The zero-order chi connectivity index (χ0) is 14.0. The van der Waals surface area contributed by atoms with Crippen LogP contribution in [0.1, 0.15) is 43.9 Å². The van der Waals surface area contributed by atoms with Gasteiger partial charge in [-0.2, -0.15) is 0 Å². The molecule has 1 aliphatic rings. The minimum atomic E-state index is -0.488. The lowest BCUT2D eigenvalue weighted by Crippen LogP contribution is -2.35. The van der Waals surface area contributed by atoms with Crippen LogP contribution >= 0.6 is 0 Å². The highest BCUT2D eigenvalue weighted by Crippen LogP contribution is 2.24. The van der Waals surface area contributed by atoms with Gasteiger partial charge >= 0.3 is 6.09 Å². The molecule has 2 heterocycles. The number of carbonyl (C=O) groups excluding carboxylic acids is 2. The van der Waals surface area contributed by atoms with Crippen LogP contribution in [0, 0.1) is 0 Å². The second-order valence-electron chi connectivity index (χ2n) is 5.68. The van der Waals surface area contributed by atoms with Crippen LogP contribution in [-0.2, 0) is 4.74 Å². The third kappa shape index (κ3) is 3.13. The van der Waals surface area contributed by atoms with Gasteiger partial charge in [0, 0.05) is 25.5 Å². The number of hydrogen-bond acceptors (Lipinski definition) is 4. The van der Waals surface area contributed by atoms with Crippen LogP contribution < -0.4 is 0 Å². The van der Waals surface area contributed by atoms with Crippen molar-refractivity contribution in [3.8, 4) is 0 Å². The highest BCUT2D eigenvalue weighted by atomic mass is 16.6. The molecule has 104 valence electrons. The van der Waals surface area contributed by atoms with Crippen LogP contribution in [0.5, 0.6) is 0 Å². The molecule has 0 saturated carbocycles. The molecule has 1 aromatic rings. The Labute approximate surface area is 112 Å². The number of rotatable bonds is 2. The Hall–Kier alpha value is -1.85. The zero-order valence-electron chi connectivity index (χ0n) is 11.5. The number of hydrogen-bond donors (Lipinski definition) is 0. The van der Waals surface area contributed by atoms with Gasteiger partial charge in [0.15, 0.2) is 12.1 Å². The molecule has 6 heteroatoms. The number of aldehydes is 1. The first-order valence-corrected chi connectivity index (χ1v) is 6.36. The van der Waals surface area contributed by atoms with Gasteiger partial charge in [0.2, 0.25) is 0 Å². The molecule has 1 aliphatic heterocycles. The van der Waals surface area contributed by atoms with E-state index in [0.29, 0.717) is 18.9 Å². The number of ether oxygens (including phenoxy) is 1. The SMILES string of the molecule is CC(C)(C)OC(=O)N1CCC(n2ccnc2C=O)C1. The normalized spacial score (nSPS) is 19.5. The molecule has 1 fully saturated rings. The van der Waals surface area contributed by atoms with E-state index in [1.54, 1.807) is 17.3 Å². The number of nitrogens with zero attached hydrogens (tertiary/aromatic N) is 3. The summed E-state index contributed by atoms with van der Waals surface area (Å²) in [6.07, 6.45) is 4.60. The highest BCUT2D eigenvalue weighted by Gasteiger charge is 2.31. The van der Waals surface area contributed by atoms with Crippen LogP contribution in [0.4, 0.5) is 4.79 Å². The lowest BCUT2D eigenvalue weighted by molar-refractivity contribution is 0.0289. The van der Waals surface area contributed by atoms with E-state index >= 15 is 0 Å². The molecule has 0 spiro atoms. The van der Waals surface area contributed by atoms with Crippen LogP contribution in [0.2, 0.25) is 0 Å². The van der Waals surface area contributed by atoms with Gasteiger partial charge < -0.3 is 14.2 Å². The van der Waals surface area contributed by atoms with Gasteiger partial charge in [-0.3, -0.25) is 4.79 Å². The first-order valence-electron chi connectivity index (χ1n) is 6.36. The fourth-order valence-electron chi connectivity index (χ4n) is 2.19.